The predicted octanol–water partition coefficient (Wildman–Crippen LogP) is 7.52. The summed E-state index contributed by atoms with van der Waals surface area (Å²) in [6.45, 7) is 1.70. The second-order valence-electron chi connectivity index (χ2n) is 9.00. The monoisotopic (exact) mass is 436 g/mol. The molecule has 0 unspecified atom stereocenters. The van der Waals surface area contributed by atoms with Gasteiger partial charge >= 0.3 is 0 Å². The molecule has 3 nitrogen and oxygen atoms in total. The number of benzene rings is 3. The van der Waals surface area contributed by atoms with Gasteiger partial charge in [0.05, 0.1) is 12.2 Å². The van der Waals surface area contributed by atoms with Gasteiger partial charge in [-0.15, -0.1) is 5.06 Å². The highest BCUT2D eigenvalue weighted by Crippen LogP contribution is 2.30. The third-order valence-electron chi connectivity index (χ3n) is 6.61. The van der Waals surface area contributed by atoms with Crippen LogP contribution in [0.2, 0.25) is 0 Å². The topological polar surface area (TPSA) is 17.4 Å². The maximum Gasteiger partial charge on any atom is 0.171 e. The zero-order chi connectivity index (χ0) is 22.3. The molecule has 0 radical (unpaired) electrons. The molecule has 0 aliphatic heterocycles. The molecule has 5 rings (SSSR count). The highest BCUT2D eigenvalue weighted by Gasteiger charge is 2.21. The van der Waals surface area contributed by atoms with Crippen molar-refractivity contribution in [2.45, 2.75) is 38.6 Å². The smallest absolute Gasteiger partial charge is 0.171 e. The van der Waals surface area contributed by atoms with Crippen molar-refractivity contribution in [2.24, 2.45) is 5.92 Å². The lowest BCUT2D eigenvalue weighted by Gasteiger charge is -2.30. The summed E-state index contributed by atoms with van der Waals surface area (Å²) < 4.78 is 2.12. The molecule has 0 spiro atoms. The standard InChI is InChI=1S/C30H32N2O/c1-3-13-25(14-4-1)23-32(33-30-20-10-9-19-29(30)31-21-11-12-22-31)24-27-17-7-8-18-28(27)26-15-5-2-6-16-26/h2,5-12,15-22,25H,1,3-4,13-14,23-24H2. The Kier molecular flexibility index (Phi) is 6.88. The fraction of sp³-hybridized carbons (Fsp3) is 0.267. The van der Waals surface area contributed by atoms with Crippen molar-refractivity contribution in [1.82, 2.24) is 9.63 Å². The molecule has 0 atom stereocenters. The molecule has 33 heavy (non-hydrogen) atoms. The first kappa shape index (κ1) is 21.5. The Morgan fingerprint density at radius 3 is 2.24 bits per heavy atom. The largest absolute Gasteiger partial charge is 0.403 e. The highest BCUT2D eigenvalue weighted by atomic mass is 16.7. The number of aromatic nitrogens is 1. The highest BCUT2D eigenvalue weighted by molar-refractivity contribution is 5.67. The van der Waals surface area contributed by atoms with Gasteiger partial charge in [-0.05, 0) is 59.7 Å². The van der Waals surface area contributed by atoms with Gasteiger partial charge in [0.2, 0.25) is 0 Å². The van der Waals surface area contributed by atoms with Crippen LogP contribution in [0, 0.1) is 5.92 Å². The van der Waals surface area contributed by atoms with E-state index in [0.717, 1.165) is 24.5 Å². The summed E-state index contributed by atoms with van der Waals surface area (Å²) >= 11 is 0. The van der Waals surface area contributed by atoms with E-state index in [1.165, 1.54) is 48.8 Å². The minimum absolute atomic E-state index is 0.682. The Bertz CT molecular complexity index is 1130. The summed E-state index contributed by atoms with van der Waals surface area (Å²) in [5.74, 6) is 1.57. The molecule has 1 fully saturated rings. The van der Waals surface area contributed by atoms with Gasteiger partial charge in [-0.2, -0.15) is 0 Å². The summed E-state index contributed by atoms with van der Waals surface area (Å²) in [5.41, 5.74) is 4.87. The normalized spacial score (nSPS) is 14.5. The van der Waals surface area contributed by atoms with Crippen LogP contribution in [0.4, 0.5) is 0 Å². The zero-order valence-electron chi connectivity index (χ0n) is 19.1. The van der Waals surface area contributed by atoms with E-state index in [-0.39, 0.29) is 0 Å². The number of hydroxylamine groups is 2. The molecule has 1 heterocycles. The van der Waals surface area contributed by atoms with Gasteiger partial charge in [0.25, 0.3) is 0 Å². The quantitative estimate of drug-likeness (QED) is 0.266. The maximum atomic E-state index is 6.68. The lowest BCUT2D eigenvalue weighted by atomic mass is 9.89. The first-order valence-electron chi connectivity index (χ1n) is 12.2. The first-order valence-corrected chi connectivity index (χ1v) is 12.2. The SMILES string of the molecule is c1ccc(-c2ccccc2CN(CC2CCCCC2)Oc2ccccc2-n2cccc2)cc1. The van der Waals surface area contributed by atoms with Crippen molar-refractivity contribution < 1.29 is 4.84 Å². The van der Waals surface area contributed by atoms with Crippen LogP contribution in [0.15, 0.2) is 103 Å². The molecular formula is C30H32N2O. The van der Waals surface area contributed by atoms with Gasteiger partial charge in [0.1, 0.15) is 0 Å². The Labute approximate surface area is 197 Å². The predicted molar refractivity (Wildman–Crippen MR) is 135 cm³/mol. The number of para-hydroxylation sites is 2. The minimum atomic E-state index is 0.682. The van der Waals surface area contributed by atoms with Crippen LogP contribution >= 0.6 is 0 Å². The van der Waals surface area contributed by atoms with Crippen LogP contribution < -0.4 is 4.84 Å². The average molecular weight is 437 g/mol. The number of rotatable bonds is 8. The van der Waals surface area contributed by atoms with E-state index in [2.05, 4.69) is 101 Å². The van der Waals surface area contributed by atoms with Gasteiger partial charge in [0, 0.05) is 18.9 Å². The van der Waals surface area contributed by atoms with Gasteiger partial charge in [-0.3, -0.25) is 0 Å². The third-order valence-corrected chi connectivity index (χ3v) is 6.61. The molecule has 0 amide bonds. The molecule has 0 N–H and O–H groups in total. The molecule has 1 aliphatic rings. The van der Waals surface area contributed by atoms with Crippen molar-refractivity contribution in [2.75, 3.05) is 6.54 Å². The average Bonchev–Trinajstić information content (AvgIpc) is 3.41. The van der Waals surface area contributed by atoms with Gasteiger partial charge < -0.3 is 9.40 Å². The molecule has 4 aromatic rings. The van der Waals surface area contributed by atoms with Crippen molar-refractivity contribution >= 4 is 0 Å². The fourth-order valence-electron chi connectivity index (χ4n) is 4.92. The summed E-state index contributed by atoms with van der Waals surface area (Å²) in [6.07, 6.45) is 10.7. The second kappa shape index (κ2) is 10.5. The van der Waals surface area contributed by atoms with E-state index < -0.39 is 0 Å². The van der Waals surface area contributed by atoms with Gasteiger partial charge in [0.15, 0.2) is 5.75 Å². The maximum absolute atomic E-state index is 6.68. The van der Waals surface area contributed by atoms with Crippen molar-refractivity contribution in [3.05, 3.63) is 109 Å². The molecule has 1 aromatic heterocycles. The van der Waals surface area contributed by atoms with Gasteiger partial charge in [-0.25, -0.2) is 0 Å². The van der Waals surface area contributed by atoms with Crippen LogP contribution in [-0.4, -0.2) is 16.2 Å². The number of nitrogens with zero attached hydrogens (tertiary/aromatic N) is 2. The van der Waals surface area contributed by atoms with Crippen LogP contribution in [0.25, 0.3) is 16.8 Å². The van der Waals surface area contributed by atoms with E-state index in [1.807, 2.05) is 12.1 Å². The van der Waals surface area contributed by atoms with E-state index in [1.54, 1.807) is 0 Å². The zero-order valence-corrected chi connectivity index (χ0v) is 19.1. The summed E-state index contributed by atoms with van der Waals surface area (Å²) in [6, 6.07) is 31.8. The van der Waals surface area contributed by atoms with Crippen LogP contribution in [0.5, 0.6) is 5.75 Å². The summed E-state index contributed by atoms with van der Waals surface area (Å²) in [7, 11) is 0. The van der Waals surface area contributed by atoms with E-state index >= 15 is 0 Å². The van der Waals surface area contributed by atoms with Crippen molar-refractivity contribution in [3.8, 4) is 22.6 Å². The molecule has 0 saturated heterocycles. The van der Waals surface area contributed by atoms with E-state index in [4.69, 9.17) is 4.84 Å². The van der Waals surface area contributed by atoms with Crippen LogP contribution in [0.3, 0.4) is 0 Å². The summed E-state index contributed by atoms with van der Waals surface area (Å²) in [5, 5.41) is 2.19. The first-order chi connectivity index (χ1) is 16.4. The Balaban J connectivity index is 1.44. The van der Waals surface area contributed by atoms with Crippen LogP contribution in [0.1, 0.15) is 37.7 Å². The third kappa shape index (κ3) is 5.37. The molecule has 3 aromatic carbocycles. The molecule has 3 heteroatoms. The molecule has 0 bridgehead atoms. The molecule has 1 aliphatic carbocycles. The van der Waals surface area contributed by atoms with Gasteiger partial charge in [-0.1, -0.05) is 86.0 Å². The minimum Gasteiger partial charge on any atom is -0.403 e. The molecule has 1 saturated carbocycles. The Morgan fingerprint density at radius 1 is 0.727 bits per heavy atom. The van der Waals surface area contributed by atoms with E-state index in [0.29, 0.717) is 5.92 Å². The van der Waals surface area contributed by atoms with Crippen molar-refractivity contribution in [1.29, 1.82) is 0 Å². The van der Waals surface area contributed by atoms with E-state index in [9.17, 15) is 0 Å². The lowest BCUT2D eigenvalue weighted by Crippen LogP contribution is -2.33. The number of hydrogen-bond donors (Lipinski definition) is 0. The lowest BCUT2D eigenvalue weighted by molar-refractivity contribution is -0.0813. The molecular weight excluding hydrogens is 404 g/mol. The van der Waals surface area contributed by atoms with Crippen molar-refractivity contribution in [3.63, 3.8) is 0 Å². The van der Waals surface area contributed by atoms with Crippen LogP contribution in [-0.2, 0) is 6.54 Å². The second-order valence-corrected chi connectivity index (χ2v) is 9.00. The number of hydrogen-bond acceptors (Lipinski definition) is 2. The Morgan fingerprint density at radius 2 is 1.42 bits per heavy atom. The summed E-state index contributed by atoms with van der Waals surface area (Å²) in [4.78, 5) is 6.68. The Hall–Kier alpha value is -3.30. The fourth-order valence-corrected chi connectivity index (χ4v) is 4.92. The molecule has 168 valence electrons.